The summed E-state index contributed by atoms with van der Waals surface area (Å²) in [6, 6.07) is 8.02. The summed E-state index contributed by atoms with van der Waals surface area (Å²) in [4.78, 5) is 31.3. The number of pyridine rings is 1. The first-order valence-corrected chi connectivity index (χ1v) is 12.5. The van der Waals surface area contributed by atoms with Crippen LogP contribution >= 0.6 is 11.5 Å². The van der Waals surface area contributed by atoms with Crippen molar-refractivity contribution in [3.8, 4) is 0 Å². The van der Waals surface area contributed by atoms with Gasteiger partial charge in [-0.1, -0.05) is 18.2 Å². The lowest BCUT2D eigenvalue weighted by Crippen LogP contribution is -2.54. The molecule has 0 aliphatic carbocycles. The maximum atomic E-state index is 14.6. The van der Waals surface area contributed by atoms with E-state index in [0.717, 1.165) is 35.8 Å². The third-order valence-corrected chi connectivity index (χ3v) is 7.02. The minimum atomic E-state index is -0.635. The molecule has 3 aromatic rings. The van der Waals surface area contributed by atoms with Gasteiger partial charge in [0, 0.05) is 18.6 Å². The van der Waals surface area contributed by atoms with Crippen molar-refractivity contribution in [1.29, 1.82) is 0 Å². The van der Waals surface area contributed by atoms with E-state index in [4.69, 9.17) is 5.73 Å². The predicted octanol–water partition coefficient (Wildman–Crippen LogP) is 4.65. The Hall–Kier alpha value is -3.79. The Morgan fingerprint density at radius 3 is 2.75 bits per heavy atom. The summed E-state index contributed by atoms with van der Waals surface area (Å²) in [6.07, 6.45) is 6.80. The Balaban J connectivity index is 1.54. The van der Waals surface area contributed by atoms with Crippen LogP contribution in [0.25, 0.3) is 6.08 Å². The summed E-state index contributed by atoms with van der Waals surface area (Å²) in [5.41, 5.74) is 8.55. The minimum Gasteiger partial charge on any atom is -0.365 e. The molecule has 188 valence electrons. The summed E-state index contributed by atoms with van der Waals surface area (Å²) < 4.78 is 18.8. The molecule has 0 spiro atoms. The maximum Gasteiger partial charge on any atom is 0.269 e. The number of piperidine rings is 1. The molecule has 1 saturated heterocycles. The number of primary amides is 1. The monoisotopic (exact) mass is 508 g/mol. The number of aromatic nitrogens is 2. The maximum absolute atomic E-state index is 14.6. The van der Waals surface area contributed by atoms with E-state index >= 15 is 0 Å². The van der Waals surface area contributed by atoms with E-state index in [1.165, 1.54) is 23.7 Å². The molecule has 10 heteroatoms. The van der Waals surface area contributed by atoms with Crippen molar-refractivity contribution in [3.05, 3.63) is 70.9 Å². The van der Waals surface area contributed by atoms with Crippen molar-refractivity contribution < 1.29 is 14.0 Å². The molecule has 1 aliphatic heterocycles. The summed E-state index contributed by atoms with van der Waals surface area (Å²) in [6.45, 7) is 6.50. The van der Waals surface area contributed by atoms with Crippen LogP contribution in [0.1, 0.15) is 58.8 Å². The van der Waals surface area contributed by atoms with E-state index in [0.29, 0.717) is 11.3 Å². The quantitative estimate of drug-likeness (QED) is 0.428. The third kappa shape index (κ3) is 5.54. The molecule has 4 rings (SSSR count). The Labute approximate surface area is 213 Å². The van der Waals surface area contributed by atoms with E-state index in [1.54, 1.807) is 18.3 Å². The predicted molar refractivity (Wildman–Crippen MR) is 141 cm³/mol. The number of hydrogen-bond donors (Lipinski definition) is 3. The highest BCUT2D eigenvalue weighted by Gasteiger charge is 2.31. The fraction of sp³-hybridized carbons (Fsp3) is 0.308. The number of hydrogen-bond acceptors (Lipinski definition) is 7. The van der Waals surface area contributed by atoms with Crippen molar-refractivity contribution in [3.63, 3.8) is 0 Å². The highest BCUT2D eigenvalue weighted by molar-refractivity contribution is 7.10. The number of anilines is 3. The van der Waals surface area contributed by atoms with E-state index < -0.39 is 17.6 Å². The average Bonchev–Trinajstić information content (AvgIpc) is 3.25. The molecular weight excluding hydrogens is 479 g/mol. The summed E-state index contributed by atoms with van der Waals surface area (Å²) in [7, 11) is 0. The van der Waals surface area contributed by atoms with E-state index in [-0.39, 0.29) is 23.3 Å². The van der Waals surface area contributed by atoms with Gasteiger partial charge in [-0.3, -0.25) is 9.59 Å². The van der Waals surface area contributed by atoms with Crippen LogP contribution in [-0.4, -0.2) is 39.8 Å². The average molecular weight is 509 g/mol. The Morgan fingerprint density at radius 1 is 1.28 bits per heavy atom. The molecular formula is C26H29FN6O2S. The molecule has 2 amide bonds. The number of carbonyl (C=O) groups excluding carboxylic acids is 2. The zero-order valence-corrected chi connectivity index (χ0v) is 21.2. The van der Waals surface area contributed by atoms with Gasteiger partial charge in [0.15, 0.2) is 5.69 Å². The summed E-state index contributed by atoms with van der Waals surface area (Å²) in [5.74, 6) is -1.63. The van der Waals surface area contributed by atoms with Crippen molar-refractivity contribution >= 4 is 45.8 Å². The highest BCUT2D eigenvalue weighted by atomic mass is 32.1. The molecule has 1 aliphatic rings. The first-order chi connectivity index (χ1) is 17.3. The number of rotatable bonds is 7. The number of carbonyl (C=O) groups is 2. The summed E-state index contributed by atoms with van der Waals surface area (Å²) in [5, 5.41) is 6.98. The second kappa shape index (κ2) is 10.9. The molecule has 4 N–H and O–H groups in total. The molecule has 0 bridgehead atoms. The lowest BCUT2D eigenvalue weighted by atomic mass is 9.96. The van der Waals surface area contributed by atoms with Crippen LogP contribution in [0.2, 0.25) is 0 Å². The van der Waals surface area contributed by atoms with Crippen molar-refractivity contribution in [2.24, 2.45) is 5.73 Å². The lowest BCUT2D eigenvalue weighted by molar-refractivity contribution is 0.0919. The zero-order chi connectivity index (χ0) is 25.8. The molecule has 2 atom stereocenters. The van der Waals surface area contributed by atoms with Crippen LogP contribution in [0.15, 0.2) is 42.6 Å². The molecule has 2 aromatic heterocycles. The first-order valence-electron chi connectivity index (χ1n) is 11.8. The number of benzene rings is 1. The molecule has 0 saturated carbocycles. The standard InChI is InChI=1S/C26H29FN6O2S/c1-4-6-17-8-9-19(20(27)12-17)26(35)31-21-7-5-10-33(16(21)3)18-13-22(24(25(28)34)29-14-18)30-23-11-15(2)32-36-23/h4,6,8-9,11-14,16,21,30H,5,7,10H2,1-3H3,(H2,28,34)(H,31,35)/b6-4+/t16-,21-/m1/s1. The van der Waals surface area contributed by atoms with Gasteiger partial charge in [0.1, 0.15) is 10.8 Å². The van der Waals surface area contributed by atoms with Gasteiger partial charge in [-0.05, 0) is 75.0 Å². The number of halogens is 1. The number of nitrogens with zero attached hydrogens (tertiary/aromatic N) is 3. The molecule has 1 aromatic carbocycles. The number of nitrogens with two attached hydrogens (primary N) is 1. The van der Waals surface area contributed by atoms with Crippen LogP contribution in [0.3, 0.4) is 0 Å². The molecule has 8 nitrogen and oxygen atoms in total. The molecule has 0 radical (unpaired) electrons. The van der Waals surface area contributed by atoms with Crippen LogP contribution in [0.4, 0.5) is 20.8 Å². The molecule has 0 unspecified atom stereocenters. The fourth-order valence-corrected chi connectivity index (χ4v) is 5.09. The topological polar surface area (TPSA) is 113 Å². The van der Waals surface area contributed by atoms with Gasteiger partial charge < -0.3 is 21.3 Å². The Kier molecular flexibility index (Phi) is 7.64. The fourth-order valence-electron chi connectivity index (χ4n) is 4.42. The summed E-state index contributed by atoms with van der Waals surface area (Å²) >= 11 is 1.28. The van der Waals surface area contributed by atoms with Crippen molar-refractivity contribution in [1.82, 2.24) is 14.7 Å². The van der Waals surface area contributed by atoms with Gasteiger partial charge in [-0.15, -0.1) is 0 Å². The van der Waals surface area contributed by atoms with Gasteiger partial charge in [0.2, 0.25) is 0 Å². The van der Waals surface area contributed by atoms with Crippen molar-refractivity contribution in [2.75, 3.05) is 16.8 Å². The number of amides is 2. The van der Waals surface area contributed by atoms with Crippen LogP contribution in [0, 0.1) is 12.7 Å². The van der Waals surface area contributed by atoms with Crippen LogP contribution in [0.5, 0.6) is 0 Å². The van der Waals surface area contributed by atoms with Gasteiger partial charge in [-0.25, -0.2) is 9.37 Å². The smallest absolute Gasteiger partial charge is 0.269 e. The second-order valence-corrected chi connectivity index (χ2v) is 9.61. The Morgan fingerprint density at radius 2 is 2.08 bits per heavy atom. The molecule has 36 heavy (non-hydrogen) atoms. The van der Waals surface area contributed by atoms with E-state index in [1.807, 2.05) is 39.0 Å². The number of allylic oxidation sites excluding steroid dienone is 1. The number of nitrogens with one attached hydrogen (secondary N) is 2. The third-order valence-electron chi connectivity index (χ3n) is 6.23. The zero-order valence-electron chi connectivity index (χ0n) is 20.4. The van der Waals surface area contributed by atoms with Gasteiger partial charge in [0.25, 0.3) is 11.8 Å². The SMILES string of the molecule is C/C=C/c1ccc(C(=O)N[C@@H]2CCCN(c3cnc(C(N)=O)c(Nc4cc(C)ns4)c3)[C@@H]2C)c(F)c1. The van der Waals surface area contributed by atoms with Gasteiger partial charge >= 0.3 is 0 Å². The van der Waals surface area contributed by atoms with Crippen LogP contribution in [-0.2, 0) is 0 Å². The van der Waals surface area contributed by atoms with E-state index in [9.17, 15) is 14.0 Å². The Bertz CT molecular complexity index is 1310. The van der Waals surface area contributed by atoms with Crippen LogP contribution < -0.4 is 21.3 Å². The minimum absolute atomic E-state index is 0.0198. The largest absolute Gasteiger partial charge is 0.365 e. The van der Waals surface area contributed by atoms with Gasteiger partial charge in [0.05, 0.1) is 28.8 Å². The molecule has 1 fully saturated rings. The van der Waals surface area contributed by atoms with Gasteiger partial charge in [-0.2, -0.15) is 4.37 Å². The molecule has 3 heterocycles. The second-order valence-electron chi connectivity index (χ2n) is 8.81. The van der Waals surface area contributed by atoms with E-state index in [2.05, 4.69) is 24.9 Å². The lowest BCUT2D eigenvalue weighted by Gasteiger charge is -2.41. The normalized spacial score (nSPS) is 17.8. The number of aryl methyl sites for hydroxylation is 1. The highest BCUT2D eigenvalue weighted by Crippen LogP contribution is 2.31. The first kappa shape index (κ1) is 25.3. The van der Waals surface area contributed by atoms with Crippen molar-refractivity contribution in [2.45, 2.75) is 45.7 Å².